The van der Waals surface area contributed by atoms with E-state index < -0.39 is 5.41 Å². The molecule has 0 N–H and O–H groups in total. The molecule has 1 spiro atoms. The van der Waals surface area contributed by atoms with Crippen molar-refractivity contribution in [3.8, 4) is 44.8 Å². The summed E-state index contributed by atoms with van der Waals surface area (Å²) in [5.74, 6) is 0. The molecule has 17 rings (SSSR count). The van der Waals surface area contributed by atoms with Crippen LogP contribution in [-0.2, 0) is 10.8 Å². The predicted molar refractivity (Wildman–Crippen MR) is 344 cm³/mol. The summed E-state index contributed by atoms with van der Waals surface area (Å²) in [6, 6.07) is 103. The van der Waals surface area contributed by atoms with Crippen LogP contribution in [0.2, 0.25) is 0 Å². The molecule has 0 atom stereocenters. The molecule has 0 bridgehead atoms. The first-order valence-electron chi connectivity index (χ1n) is 28.6. The number of anilines is 4. The van der Waals surface area contributed by atoms with E-state index in [0.717, 1.165) is 0 Å². The van der Waals surface area contributed by atoms with E-state index in [0.29, 0.717) is 0 Å². The lowest BCUT2D eigenvalue weighted by molar-refractivity contribution is 0.660. The number of rotatable bonds is 6. The fraction of sp³-hybridized carbons (Fsp3) is 0.0769. The molecule has 3 aliphatic rings. The van der Waals surface area contributed by atoms with Gasteiger partial charge in [0.15, 0.2) is 0 Å². The van der Waals surface area contributed by atoms with Gasteiger partial charge in [0.2, 0.25) is 0 Å². The first kappa shape index (κ1) is 47.8. The molecule has 0 fully saturated rings. The summed E-state index contributed by atoms with van der Waals surface area (Å²) in [5.41, 5.74) is 27.7. The zero-order valence-corrected chi connectivity index (χ0v) is 46.3. The third-order valence-corrected chi connectivity index (χ3v) is 18.4. The molecule has 12 aromatic carbocycles. The van der Waals surface area contributed by atoms with Gasteiger partial charge >= 0.3 is 0 Å². The van der Waals surface area contributed by atoms with Crippen LogP contribution < -0.4 is 9.80 Å². The molecule has 0 amide bonds. The normalized spacial score (nSPS) is 13.6. The molecule has 14 aromatic rings. The largest absolute Gasteiger partial charge is 0.345 e. The Morgan fingerprint density at radius 2 is 0.561 bits per heavy atom. The maximum absolute atomic E-state index is 2.48. The molecule has 2 heterocycles. The zero-order valence-electron chi connectivity index (χ0n) is 46.3. The van der Waals surface area contributed by atoms with Crippen molar-refractivity contribution in [1.29, 1.82) is 0 Å². The van der Waals surface area contributed by atoms with Gasteiger partial charge in [-0.1, -0.05) is 196 Å². The Labute approximate surface area is 478 Å². The van der Waals surface area contributed by atoms with Crippen molar-refractivity contribution in [3.05, 3.63) is 312 Å². The summed E-state index contributed by atoms with van der Waals surface area (Å²) < 4.78 is 4.86. The van der Waals surface area contributed by atoms with Gasteiger partial charge in [0.1, 0.15) is 0 Å². The van der Waals surface area contributed by atoms with Gasteiger partial charge in [-0.2, -0.15) is 0 Å². The molecule has 3 aliphatic carbocycles. The Morgan fingerprint density at radius 1 is 0.256 bits per heavy atom. The average molecular weight is 1050 g/mol. The third kappa shape index (κ3) is 6.85. The lowest BCUT2D eigenvalue weighted by atomic mass is 9.70. The second-order valence-electron chi connectivity index (χ2n) is 22.9. The van der Waals surface area contributed by atoms with E-state index >= 15 is 0 Å². The third-order valence-electron chi connectivity index (χ3n) is 18.4. The summed E-state index contributed by atoms with van der Waals surface area (Å²) in [5, 5.41) is 5.15. The maximum atomic E-state index is 2.48. The van der Waals surface area contributed by atoms with Crippen LogP contribution in [0.3, 0.4) is 0 Å². The summed E-state index contributed by atoms with van der Waals surface area (Å²) >= 11 is 0. The number of nitrogens with zero attached hydrogens (tertiary/aromatic N) is 4. The molecule has 0 saturated heterocycles. The van der Waals surface area contributed by atoms with Crippen molar-refractivity contribution < 1.29 is 0 Å². The topological polar surface area (TPSA) is 16.3 Å². The lowest BCUT2D eigenvalue weighted by Gasteiger charge is -2.31. The summed E-state index contributed by atoms with van der Waals surface area (Å²) in [6.07, 6.45) is 0. The minimum absolute atomic E-state index is 0.0903. The van der Waals surface area contributed by atoms with Crippen LogP contribution in [0.1, 0.15) is 47.2 Å². The summed E-state index contributed by atoms with van der Waals surface area (Å²) in [6.45, 7) is 4.72. The first-order valence-corrected chi connectivity index (χ1v) is 28.6. The quantitative estimate of drug-likeness (QED) is 0.165. The summed E-state index contributed by atoms with van der Waals surface area (Å²) in [7, 11) is 4.31. The van der Waals surface area contributed by atoms with Crippen LogP contribution in [0.25, 0.3) is 88.4 Å². The molecule has 2 aromatic heterocycles. The second kappa shape index (κ2) is 18.2. The number of benzene rings is 12. The van der Waals surface area contributed by atoms with E-state index in [9.17, 15) is 0 Å². The minimum atomic E-state index is -0.430. The lowest BCUT2D eigenvalue weighted by Crippen LogP contribution is -2.26. The highest BCUT2D eigenvalue weighted by Gasteiger charge is 2.52. The van der Waals surface area contributed by atoms with Gasteiger partial charge in [-0.15, -0.1) is 0 Å². The van der Waals surface area contributed by atoms with Crippen LogP contribution in [-0.4, -0.2) is 23.2 Å². The molecule has 0 saturated carbocycles. The van der Waals surface area contributed by atoms with Gasteiger partial charge < -0.3 is 18.9 Å². The predicted octanol–water partition coefficient (Wildman–Crippen LogP) is 19.8. The van der Waals surface area contributed by atoms with Crippen molar-refractivity contribution in [1.82, 2.24) is 9.13 Å². The Kier molecular flexibility index (Phi) is 10.6. The SMILES string of the molecule is CN(c1ccccc1)c1ccc2c(c1)C(C)(C)c1cc(-n3c4ccccc4c4ccccc43)ccc1-2.CN(c1ccccc1)c1ccc2c(c1)C1(c3ccccc3-c3ccccc31)c1cc(-n3c4ccccc4c4ccccc43)ccc1-2. The zero-order chi connectivity index (χ0) is 54.8. The average Bonchev–Trinajstić information content (AvgIpc) is 4.44. The van der Waals surface area contributed by atoms with E-state index in [1.807, 2.05) is 0 Å². The highest BCUT2D eigenvalue weighted by molar-refractivity contribution is 6.10. The van der Waals surface area contributed by atoms with Gasteiger partial charge in [-0.3, -0.25) is 0 Å². The highest BCUT2D eigenvalue weighted by Crippen LogP contribution is 2.63. The minimum Gasteiger partial charge on any atom is -0.345 e. The number of hydrogen-bond acceptors (Lipinski definition) is 2. The highest BCUT2D eigenvalue weighted by atomic mass is 15.1. The Bertz CT molecular complexity index is 4730. The van der Waals surface area contributed by atoms with Gasteiger partial charge in [-0.25, -0.2) is 0 Å². The second-order valence-corrected chi connectivity index (χ2v) is 22.9. The Hall–Kier alpha value is -10.2. The van der Waals surface area contributed by atoms with Crippen molar-refractivity contribution in [2.24, 2.45) is 0 Å². The molecule has 0 unspecified atom stereocenters. The van der Waals surface area contributed by atoms with E-state index in [-0.39, 0.29) is 5.41 Å². The van der Waals surface area contributed by atoms with Gasteiger partial charge in [-0.05, 0) is 164 Å². The van der Waals surface area contributed by atoms with E-state index in [4.69, 9.17) is 0 Å². The van der Waals surface area contributed by atoms with Crippen molar-refractivity contribution in [2.45, 2.75) is 24.7 Å². The number of fused-ring (bicyclic) bond motifs is 19. The fourth-order valence-electron chi connectivity index (χ4n) is 14.5. The molecular formula is C78H58N4. The van der Waals surface area contributed by atoms with Crippen molar-refractivity contribution >= 4 is 66.4 Å². The number of hydrogen-bond donors (Lipinski definition) is 0. The van der Waals surface area contributed by atoms with E-state index in [2.05, 4.69) is 326 Å². The molecule has 4 nitrogen and oxygen atoms in total. The van der Waals surface area contributed by atoms with Gasteiger partial charge in [0.05, 0.1) is 27.5 Å². The van der Waals surface area contributed by atoms with Crippen molar-refractivity contribution in [2.75, 3.05) is 23.9 Å². The van der Waals surface area contributed by atoms with Crippen LogP contribution in [0.15, 0.2) is 279 Å². The number of aromatic nitrogens is 2. The maximum Gasteiger partial charge on any atom is 0.0727 e. The number of para-hydroxylation sites is 6. The molecule has 0 radical (unpaired) electrons. The van der Waals surface area contributed by atoms with Gasteiger partial charge in [0, 0.05) is 75.2 Å². The van der Waals surface area contributed by atoms with Crippen molar-refractivity contribution in [3.63, 3.8) is 0 Å². The van der Waals surface area contributed by atoms with E-state index in [1.165, 1.54) is 144 Å². The Morgan fingerprint density at radius 3 is 1.00 bits per heavy atom. The van der Waals surface area contributed by atoms with Crippen LogP contribution in [0.4, 0.5) is 22.7 Å². The van der Waals surface area contributed by atoms with Gasteiger partial charge in [0.25, 0.3) is 0 Å². The van der Waals surface area contributed by atoms with E-state index in [1.54, 1.807) is 0 Å². The Balaban J connectivity index is 0.000000139. The van der Waals surface area contributed by atoms with Crippen LogP contribution >= 0.6 is 0 Å². The molecule has 0 aliphatic heterocycles. The monoisotopic (exact) mass is 1050 g/mol. The van der Waals surface area contributed by atoms with Crippen LogP contribution in [0, 0.1) is 0 Å². The smallest absolute Gasteiger partial charge is 0.0727 e. The molecule has 82 heavy (non-hydrogen) atoms. The summed E-state index contributed by atoms with van der Waals surface area (Å²) in [4.78, 5) is 4.57. The first-order chi connectivity index (χ1) is 40.3. The molecular weight excluding hydrogens is 993 g/mol. The molecule has 390 valence electrons. The standard InChI is InChI=1S/C44H30N2.C34H28N2/c1-45(29-13-3-2-4-14-29)30-23-25-34-35-26-24-31(46-42-21-11-7-17-36(42)37-18-8-12-22-43(37)46)28-41(35)44(40(34)27-30)38-19-9-5-15-32(38)33-16-6-10-20-39(33)44;1-34(2)30-21-24(35(3)23-11-5-4-6-12-23)17-19-26(30)27-20-18-25(22-31(27)34)36-32-15-9-7-13-28(32)29-14-8-10-16-33(29)36/h2-28H,1H3;4-22H,1-3H3. The van der Waals surface area contributed by atoms with Crippen LogP contribution in [0.5, 0.6) is 0 Å². The molecule has 4 heteroatoms. The fourth-order valence-corrected chi connectivity index (χ4v) is 14.5.